The largest absolute Gasteiger partial charge is 0.492 e. The maximum Gasteiger partial charge on any atom is 0.222 e. The summed E-state index contributed by atoms with van der Waals surface area (Å²) in [7, 11) is 3.57. The molecule has 0 atom stereocenters. The first kappa shape index (κ1) is 18.9. The number of nitrogens with zero attached hydrogens (tertiary/aromatic N) is 3. The summed E-state index contributed by atoms with van der Waals surface area (Å²) in [6.07, 6.45) is 1.25. The van der Waals surface area contributed by atoms with Gasteiger partial charge in [-0.25, -0.2) is 0 Å². The van der Waals surface area contributed by atoms with E-state index in [-0.39, 0.29) is 5.91 Å². The van der Waals surface area contributed by atoms with Gasteiger partial charge in [0.05, 0.1) is 11.6 Å². The van der Waals surface area contributed by atoms with E-state index in [1.165, 1.54) is 5.56 Å². The molecule has 0 saturated heterocycles. The number of hydrogen-bond acceptors (Lipinski definition) is 4. The van der Waals surface area contributed by atoms with Crippen LogP contribution in [0.25, 0.3) is 0 Å². The van der Waals surface area contributed by atoms with E-state index in [9.17, 15) is 4.79 Å². The number of ether oxygens (including phenoxy) is 1. The Labute approximate surface area is 160 Å². The Morgan fingerprint density at radius 3 is 2.63 bits per heavy atom. The number of aryl methyl sites for hydroxylation is 1. The molecule has 27 heavy (non-hydrogen) atoms. The number of carbonyl (C=O) groups excluding carboxylic acids is 1. The zero-order chi connectivity index (χ0) is 19.2. The summed E-state index contributed by atoms with van der Waals surface area (Å²) in [4.78, 5) is 15.8. The maximum absolute atomic E-state index is 11.8. The first-order chi connectivity index (χ1) is 13.0. The van der Waals surface area contributed by atoms with E-state index in [0.717, 1.165) is 42.9 Å². The van der Waals surface area contributed by atoms with E-state index in [1.807, 2.05) is 30.3 Å². The first-order valence-electron chi connectivity index (χ1n) is 9.21. The molecule has 1 aliphatic rings. The average molecular weight is 363 g/mol. The molecule has 0 saturated carbocycles. The van der Waals surface area contributed by atoms with Crippen molar-refractivity contribution < 1.29 is 9.53 Å². The van der Waals surface area contributed by atoms with Crippen molar-refractivity contribution in [2.75, 3.05) is 27.2 Å². The lowest BCUT2D eigenvalue weighted by molar-refractivity contribution is -0.128. The lowest BCUT2D eigenvalue weighted by Gasteiger charge is -2.19. The molecular formula is C22H25N3O2. The molecule has 0 N–H and O–H groups in total. The van der Waals surface area contributed by atoms with Gasteiger partial charge in [-0.3, -0.25) is 9.69 Å². The second-order valence-electron chi connectivity index (χ2n) is 7.10. The molecule has 1 heterocycles. The van der Waals surface area contributed by atoms with E-state index in [0.29, 0.717) is 18.6 Å². The van der Waals surface area contributed by atoms with Crippen LogP contribution in [0.4, 0.5) is 0 Å². The Hall–Kier alpha value is -2.84. The van der Waals surface area contributed by atoms with Crippen LogP contribution in [-0.4, -0.2) is 43.0 Å². The number of amides is 1. The van der Waals surface area contributed by atoms with Crippen molar-refractivity contribution in [2.24, 2.45) is 0 Å². The van der Waals surface area contributed by atoms with Crippen molar-refractivity contribution in [1.29, 1.82) is 5.26 Å². The number of hydrogen-bond donors (Lipinski definition) is 0. The molecule has 0 fully saturated rings. The molecule has 0 radical (unpaired) electrons. The van der Waals surface area contributed by atoms with Gasteiger partial charge in [0, 0.05) is 45.7 Å². The molecule has 0 unspecified atom stereocenters. The van der Waals surface area contributed by atoms with Crippen molar-refractivity contribution in [1.82, 2.24) is 9.80 Å². The Morgan fingerprint density at radius 1 is 1.19 bits per heavy atom. The quantitative estimate of drug-likeness (QED) is 0.819. The highest BCUT2D eigenvalue weighted by Crippen LogP contribution is 2.26. The second-order valence-corrected chi connectivity index (χ2v) is 7.10. The summed E-state index contributed by atoms with van der Waals surface area (Å²) < 4.78 is 5.91. The van der Waals surface area contributed by atoms with Crippen LogP contribution in [0.3, 0.4) is 0 Å². The third-order valence-corrected chi connectivity index (χ3v) is 4.80. The molecule has 5 heteroatoms. The summed E-state index contributed by atoms with van der Waals surface area (Å²) in [5, 5.41) is 8.93. The van der Waals surface area contributed by atoms with E-state index in [2.05, 4.69) is 23.1 Å². The van der Waals surface area contributed by atoms with Crippen LogP contribution in [-0.2, 0) is 24.3 Å². The summed E-state index contributed by atoms with van der Waals surface area (Å²) in [6, 6.07) is 16.1. The summed E-state index contributed by atoms with van der Waals surface area (Å²) in [5.41, 5.74) is 4.19. The van der Waals surface area contributed by atoms with Crippen molar-refractivity contribution in [2.45, 2.75) is 25.9 Å². The smallest absolute Gasteiger partial charge is 0.222 e. The number of fused-ring (bicyclic) bond motifs is 1. The fourth-order valence-corrected chi connectivity index (χ4v) is 3.21. The normalized spacial score (nSPS) is 13.8. The first-order valence-corrected chi connectivity index (χ1v) is 9.21. The van der Waals surface area contributed by atoms with Crippen LogP contribution in [0, 0.1) is 11.3 Å². The van der Waals surface area contributed by atoms with Crippen LogP contribution >= 0.6 is 0 Å². The third kappa shape index (κ3) is 5.08. The van der Waals surface area contributed by atoms with E-state index in [4.69, 9.17) is 10.00 Å². The van der Waals surface area contributed by atoms with Crippen LogP contribution in [0.1, 0.15) is 28.7 Å². The molecule has 0 spiro atoms. The van der Waals surface area contributed by atoms with Crippen LogP contribution in [0.2, 0.25) is 0 Å². The summed E-state index contributed by atoms with van der Waals surface area (Å²) in [5.74, 6) is 1.07. The van der Waals surface area contributed by atoms with Gasteiger partial charge in [-0.2, -0.15) is 5.26 Å². The Morgan fingerprint density at radius 2 is 1.93 bits per heavy atom. The van der Waals surface area contributed by atoms with Crippen molar-refractivity contribution in [3.8, 4) is 11.8 Å². The number of nitriles is 1. The predicted molar refractivity (Wildman–Crippen MR) is 104 cm³/mol. The summed E-state index contributed by atoms with van der Waals surface area (Å²) in [6.45, 7) is 3.13. The Balaban J connectivity index is 1.68. The highest BCUT2D eigenvalue weighted by Gasteiger charge is 2.16. The lowest BCUT2D eigenvalue weighted by atomic mass is 10.0. The van der Waals surface area contributed by atoms with Crippen molar-refractivity contribution >= 4 is 5.91 Å². The second kappa shape index (κ2) is 8.70. The molecule has 1 amide bonds. The molecule has 0 aromatic heterocycles. The van der Waals surface area contributed by atoms with E-state index < -0.39 is 0 Å². The van der Waals surface area contributed by atoms with Gasteiger partial charge < -0.3 is 9.64 Å². The van der Waals surface area contributed by atoms with Gasteiger partial charge in [0.1, 0.15) is 12.4 Å². The van der Waals surface area contributed by atoms with Gasteiger partial charge in [-0.05, 0) is 35.7 Å². The molecule has 0 aliphatic carbocycles. The third-order valence-electron chi connectivity index (χ3n) is 4.80. The fraction of sp³-hybridized carbons (Fsp3) is 0.364. The maximum atomic E-state index is 11.8. The zero-order valence-electron chi connectivity index (χ0n) is 15.9. The molecule has 2 aromatic rings. The minimum absolute atomic E-state index is 0.142. The van der Waals surface area contributed by atoms with Crippen LogP contribution < -0.4 is 4.74 Å². The zero-order valence-corrected chi connectivity index (χ0v) is 15.9. The average Bonchev–Trinajstić information content (AvgIpc) is 2.87. The SMILES string of the molecule is CN(C)C(=O)CCc1ccc2c(c1)CN(Cc1ccc(C#N)cc1)CCO2. The molecule has 0 bridgehead atoms. The molecule has 2 aromatic carbocycles. The standard InChI is InChI=1S/C22H25N3O2/c1-24(2)22(26)10-8-17-7-9-21-20(13-17)16-25(11-12-27-21)15-19-5-3-18(14-23)4-6-19/h3-7,9,13H,8,10-12,15-16H2,1-2H3. The number of carbonyl (C=O) groups is 1. The minimum Gasteiger partial charge on any atom is -0.492 e. The molecule has 1 aliphatic heterocycles. The summed E-state index contributed by atoms with van der Waals surface area (Å²) >= 11 is 0. The molecule has 140 valence electrons. The topological polar surface area (TPSA) is 56.6 Å². The van der Waals surface area contributed by atoms with E-state index >= 15 is 0 Å². The van der Waals surface area contributed by atoms with Crippen LogP contribution in [0.5, 0.6) is 5.75 Å². The lowest BCUT2D eigenvalue weighted by Crippen LogP contribution is -2.25. The van der Waals surface area contributed by atoms with E-state index in [1.54, 1.807) is 19.0 Å². The molecule has 3 rings (SSSR count). The monoisotopic (exact) mass is 363 g/mol. The number of benzene rings is 2. The van der Waals surface area contributed by atoms with Crippen molar-refractivity contribution in [3.63, 3.8) is 0 Å². The van der Waals surface area contributed by atoms with Crippen LogP contribution in [0.15, 0.2) is 42.5 Å². The van der Waals surface area contributed by atoms with Gasteiger partial charge >= 0.3 is 0 Å². The van der Waals surface area contributed by atoms with Gasteiger partial charge in [-0.1, -0.05) is 24.3 Å². The fourth-order valence-electron chi connectivity index (χ4n) is 3.21. The highest BCUT2D eigenvalue weighted by molar-refractivity contribution is 5.75. The van der Waals surface area contributed by atoms with Crippen molar-refractivity contribution in [3.05, 3.63) is 64.7 Å². The number of rotatable bonds is 5. The Kier molecular flexibility index (Phi) is 6.10. The van der Waals surface area contributed by atoms with Gasteiger partial charge in [-0.15, -0.1) is 0 Å². The highest BCUT2D eigenvalue weighted by atomic mass is 16.5. The predicted octanol–water partition coefficient (Wildman–Crippen LogP) is 2.97. The van der Waals surface area contributed by atoms with Gasteiger partial charge in [0.25, 0.3) is 0 Å². The van der Waals surface area contributed by atoms with Gasteiger partial charge in [0.2, 0.25) is 5.91 Å². The molecule has 5 nitrogen and oxygen atoms in total. The Bertz CT molecular complexity index is 838. The van der Waals surface area contributed by atoms with Gasteiger partial charge in [0.15, 0.2) is 0 Å². The molecular weight excluding hydrogens is 338 g/mol. The minimum atomic E-state index is 0.142.